The first kappa shape index (κ1) is 9.42. The number of carbonyl (C=O) groups is 1. The van der Waals surface area contributed by atoms with Crippen molar-refractivity contribution in [3.63, 3.8) is 0 Å². The first-order valence-electron chi connectivity index (χ1n) is 4.02. The Hall–Kier alpha value is -1.14. The van der Waals surface area contributed by atoms with E-state index in [9.17, 15) is 4.79 Å². The highest BCUT2D eigenvalue weighted by Crippen LogP contribution is 2.35. The van der Waals surface area contributed by atoms with Crippen LogP contribution in [0.15, 0.2) is 5.51 Å². The van der Waals surface area contributed by atoms with Crippen molar-refractivity contribution in [2.24, 2.45) is 0 Å². The highest BCUT2D eigenvalue weighted by atomic mass is 32.1. The maximum Gasteiger partial charge on any atom is 0.350 e. The fourth-order valence-electron chi connectivity index (χ4n) is 1.09. The number of thiophene rings is 1. The second-order valence-electron chi connectivity index (χ2n) is 2.55. The zero-order chi connectivity index (χ0) is 10.1. The van der Waals surface area contributed by atoms with Gasteiger partial charge in [0.2, 0.25) is 0 Å². The molecule has 2 N–H and O–H groups in total. The fourth-order valence-corrected chi connectivity index (χ4v) is 2.99. The lowest BCUT2D eigenvalue weighted by Crippen LogP contribution is -2.04. The second-order valence-corrected chi connectivity index (χ2v) is 4.41. The zero-order valence-corrected chi connectivity index (χ0v) is 9.08. The molecular formula is C8H8N2O2S2. The molecular weight excluding hydrogens is 220 g/mol. The summed E-state index contributed by atoms with van der Waals surface area (Å²) < 4.78 is 5.75. The van der Waals surface area contributed by atoms with Gasteiger partial charge in [-0.3, -0.25) is 0 Å². The van der Waals surface area contributed by atoms with E-state index in [-0.39, 0.29) is 5.97 Å². The third kappa shape index (κ3) is 1.36. The molecule has 0 amide bonds. The van der Waals surface area contributed by atoms with Crippen LogP contribution in [0.4, 0.5) is 5.69 Å². The van der Waals surface area contributed by atoms with E-state index in [4.69, 9.17) is 10.5 Å². The van der Waals surface area contributed by atoms with Gasteiger partial charge in [-0.15, -0.1) is 22.7 Å². The molecule has 0 aliphatic heterocycles. The van der Waals surface area contributed by atoms with Gasteiger partial charge in [0.25, 0.3) is 0 Å². The normalized spacial score (nSPS) is 10.6. The number of ether oxygens (including phenoxy) is 1. The van der Waals surface area contributed by atoms with Crippen LogP contribution in [0.1, 0.15) is 16.6 Å². The van der Waals surface area contributed by atoms with Crippen LogP contribution in [0.3, 0.4) is 0 Å². The number of rotatable bonds is 2. The SMILES string of the molecule is CCOC(=O)c1sc2ncsc2c1N. The van der Waals surface area contributed by atoms with Crippen molar-refractivity contribution < 1.29 is 9.53 Å². The lowest BCUT2D eigenvalue weighted by molar-refractivity contribution is 0.0533. The maximum atomic E-state index is 11.4. The van der Waals surface area contributed by atoms with Crippen LogP contribution in [0.2, 0.25) is 0 Å². The van der Waals surface area contributed by atoms with Crippen LogP contribution in [0, 0.1) is 0 Å². The maximum absolute atomic E-state index is 11.4. The number of esters is 1. The smallest absolute Gasteiger partial charge is 0.350 e. The largest absolute Gasteiger partial charge is 0.462 e. The summed E-state index contributed by atoms with van der Waals surface area (Å²) in [6, 6.07) is 0. The summed E-state index contributed by atoms with van der Waals surface area (Å²) in [4.78, 5) is 16.8. The number of hydrogen-bond donors (Lipinski definition) is 1. The van der Waals surface area contributed by atoms with Gasteiger partial charge in [-0.25, -0.2) is 9.78 Å². The average Bonchev–Trinajstić information content (AvgIpc) is 2.69. The molecule has 0 saturated carbocycles. The van der Waals surface area contributed by atoms with Crippen LogP contribution in [-0.2, 0) is 4.74 Å². The molecule has 0 atom stereocenters. The predicted octanol–water partition coefficient (Wildman–Crippen LogP) is 2.12. The van der Waals surface area contributed by atoms with E-state index >= 15 is 0 Å². The zero-order valence-electron chi connectivity index (χ0n) is 7.44. The number of aromatic nitrogens is 1. The molecule has 2 heterocycles. The Morgan fingerprint density at radius 1 is 1.71 bits per heavy atom. The molecule has 4 nitrogen and oxygen atoms in total. The van der Waals surface area contributed by atoms with E-state index in [1.54, 1.807) is 12.4 Å². The number of hydrogen-bond acceptors (Lipinski definition) is 6. The minimum Gasteiger partial charge on any atom is -0.462 e. The third-order valence-electron chi connectivity index (χ3n) is 1.68. The van der Waals surface area contributed by atoms with E-state index in [1.165, 1.54) is 22.7 Å². The Bertz CT molecular complexity index is 475. The molecule has 6 heteroatoms. The molecule has 0 aliphatic carbocycles. The number of thiazole rings is 1. The van der Waals surface area contributed by atoms with Crippen molar-refractivity contribution in [2.75, 3.05) is 12.3 Å². The highest BCUT2D eigenvalue weighted by molar-refractivity contribution is 7.28. The summed E-state index contributed by atoms with van der Waals surface area (Å²) in [5.41, 5.74) is 8.00. The summed E-state index contributed by atoms with van der Waals surface area (Å²) in [5.74, 6) is -0.361. The molecule has 0 aliphatic rings. The van der Waals surface area contributed by atoms with Gasteiger partial charge in [0.05, 0.1) is 22.5 Å². The molecule has 0 saturated heterocycles. The van der Waals surface area contributed by atoms with Gasteiger partial charge in [0.1, 0.15) is 9.71 Å². The van der Waals surface area contributed by atoms with Crippen LogP contribution in [-0.4, -0.2) is 17.6 Å². The molecule has 2 rings (SSSR count). The van der Waals surface area contributed by atoms with E-state index in [0.717, 1.165) is 9.53 Å². The fraction of sp³-hybridized carbons (Fsp3) is 0.250. The van der Waals surface area contributed by atoms with Gasteiger partial charge in [-0.1, -0.05) is 0 Å². The molecule has 0 spiro atoms. The van der Waals surface area contributed by atoms with Gasteiger partial charge in [-0.05, 0) is 6.92 Å². The predicted molar refractivity (Wildman–Crippen MR) is 57.9 cm³/mol. The number of anilines is 1. The molecule has 2 aromatic rings. The van der Waals surface area contributed by atoms with Crippen LogP contribution in [0.25, 0.3) is 9.53 Å². The summed E-state index contributed by atoms with van der Waals surface area (Å²) >= 11 is 2.72. The van der Waals surface area contributed by atoms with E-state index in [0.29, 0.717) is 17.2 Å². The number of carbonyl (C=O) groups excluding carboxylic acids is 1. The summed E-state index contributed by atoms with van der Waals surface area (Å²) in [6.45, 7) is 2.12. The van der Waals surface area contributed by atoms with Gasteiger partial charge in [0.15, 0.2) is 0 Å². The van der Waals surface area contributed by atoms with Crippen molar-refractivity contribution in [2.45, 2.75) is 6.92 Å². The van der Waals surface area contributed by atoms with Gasteiger partial charge in [-0.2, -0.15) is 0 Å². The first-order valence-corrected chi connectivity index (χ1v) is 5.72. The molecule has 2 aromatic heterocycles. The first-order chi connectivity index (χ1) is 6.74. The van der Waals surface area contributed by atoms with E-state index in [1.807, 2.05) is 0 Å². The summed E-state index contributed by atoms with van der Waals surface area (Å²) in [6.07, 6.45) is 0. The molecule has 0 aromatic carbocycles. The Kier molecular flexibility index (Phi) is 2.39. The highest BCUT2D eigenvalue weighted by Gasteiger charge is 2.18. The Balaban J connectivity index is 2.47. The van der Waals surface area contributed by atoms with Gasteiger partial charge >= 0.3 is 5.97 Å². The standard InChI is InChI=1S/C8H8N2O2S2/c1-2-12-8(11)6-4(9)5-7(14-6)10-3-13-5/h3H,2,9H2,1H3. The minimum atomic E-state index is -0.361. The minimum absolute atomic E-state index is 0.358. The molecule has 14 heavy (non-hydrogen) atoms. The molecule has 0 fully saturated rings. The molecule has 0 bridgehead atoms. The molecule has 0 radical (unpaired) electrons. The third-order valence-corrected chi connectivity index (χ3v) is 3.77. The van der Waals surface area contributed by atoms with Crippen molar-refractivity contribution in [3.05, 3.63) is 10.4 Å². The molecule has 74 valence electrons. The summed E-state index contributed by atoms with van der Waals surface area (Å²) in [5, 5.41) is 0. The monoisotopic (exact) mass is 228 g/mol. The number of fused-ring (bicyclic) bond motifs is 1. The van der Waals surface area contributed by atoms with Crippen molar-refractivity contribution in [1.29, 1.82) is 0 Å². The Morgan fingerprint density at radius 3 is 3.14 bits per heavy atom. The molecule has 0 unspecified atom stereocenters. The number of nitrogen functional groups attached to an aromatic ring is 1. The second kappa shape index (κ2) is 3.55. The lowest BCUT2D eigenvalue weighted by atomic mass is 10.4. The number of nitrogens with two attached hydrogens (primary N) is 1. The van der Waals surface area contributed by atoms with E-state index < -0.39 is 0 Å². The van der Waals surface area contributed by atoms with Crippen molar-refractivity contribution in [1.82, 2.24) is 4.98 Å². The van der Waals surface area contributed by atoms with Crippen LogP contribution >= 0.6 is 22.7 Å². The Labute approximate surface area is 88.3 Å². The summed E-state index contributed by atoms with van der Waals surface area (Å²) in [7, 11) is 0. The van der Waals surface area contributed by atoms with E-state index in [2.05, 4.69) is 4.98 Å². The number of nitrogens with zero attached hydrogens (tertiary/aromatic N) is 1. The lowest BCUT2D eigenvalue weighted by Gasteiger charge is -1.98. The quantitative estimate of drug-likeness (QED) is 0.799. The van der Waals surface area contributed by atoms with Crippen molar-refractivity contribution in [3.8, 4) is 0 Å². The Morgan fingerprint density at radius 2 is 2.50 bits per heavy atom. The topological polar surface area (TPSA) is 65.2 Å². The van der Waals surface area contributed by atoms with Crippen LogP contribution in [0.5, 0.6) is 0 Å². The van der Waals surface area contributed by atoms with Crippen LogP contribution < -0.4 is 5.73 Å². The van der Waals surface area contributed by atoms with Crippen molar-refractivity contribution >= 4 is 43.9 Å². The van der Waals surface area contributed by atoms with Gasteiger partial charge in [0, 0.05) is 0 Å². The van der Waals surface area contributed by atoms with Gasteiger partial charge < -0.3 is 10.5 Å². The average molecular weight is 228 g/mol.